The standard InChI is InChI=1S/C27H21ClN2O6/c1-35-24-11-17(10-22(28)25(24)36-15-16-5-4-8-20(9-16)27(33)34)14-29-30-26(32)21-12-18-6-2-3-7-19(18)13-23(21)31/h2-14,31H,15H2,1H3,(H,30,32)(H,33,34). The zero-order valence-corrected chi connectivity index (χ0v) is 19.8. The number of carboxylic acid groups (broad SMARTS) is 1. The molecule has 9 heteroatoms. The summed E-state index contributed by atoms with van der Waals surface area (Å²) < 4.78 is 11.2. The Balaban J connectivity index is 1.46. The maximum Gasteiger partial charge on any atom is 0.335 e. The predicted octanol–water partition coefficient (Wildman–Crippen LogP) is 5.25. The number of rotatable bonds is 8. The Hall–Kier alpha value is -4.56. The molecule has 0 aliphatic heterocycles. The Morgan fingerprint density at radius 2 is 1.78 bits per heavy atom. The lowest BCUT2D eigenvalue weighted by molar-refractivity contribution is 0.0696. The summed E-state index contributed by atoms with van der Waals surface area (Å²) in [5.74, 6) is -1.14. The van der Waals surface area contributed by atoms with Crippen LogP contribution >= 0.6 is 11.6 Å². The molecule has 4 aromatic carbocycles. The maximum absolute atomic E-state index is 12.5. The summed E-state index contributed by atoms with van der Waals surface area (Å²) in [6.07, 6.45) is 1.38. The van der Waals surface area contributed by atoms with E-state index in [0.717, 1.165) is 10.8 Å². The first kappa shape index (κ1) is 24.6. The number of fused-ring (bicyclic) bond motifs is 1. The van der Waals surface area contributed by atoms with Gasteiger partial charge in [-0.05, 0) is 58.3 Å². The number of aromatic hydroxyl groups is 1. The number of carbonyl (C=O) groups is 2. The van der Waals surface area contributed by atoms with Crippen LogP contribution in [0.15, 0.2) is 77.9 Å². The van der Waals surface area contributed by atoms with Crippen molar-refractivity contribution in [3.63, 3.8) is 0 Å². The van der Waals surface area contributed by atoms with Gasteiger partial charge in [-0.1, -0.05) is 48.0 Å². The lowest BCUT2D eigenvalue weighted by Gasteiger charge is -2.13. The van der Waals surface area contributed by atoms with Crippen LogP contribution < -0.4 is 14.9 Å². The van der Waals surface area contributed by atoms with E-state index in [-0.39, 0.29) is 34.3 Å². The number of phenols is 1. The molecule has 0 bridgehead atoms. The minimum absolute atomic E-state index is 0.0793. The lowest BCUT2D eigenvalue weighted by atomic mass is 10.1. The first-order valence-electron chi connectivity index (χ1n) is 10.7. The fourth-order valence-corrected chi connectivity index (χ4v) is 3.81. The van der Waals surface area contributed by atoms with Gasteiger partial charge in [-0.3, -0.25) is 4.79 Å². The Morgan fingerprint density at radius 1 is 1.03 bits per heavy atom. The molecule has 4 aromatic rings. The number of carbonyl (C=O) groups excluding carboxylic acids is 1. The largest absolute Gasteiger partial charge is 0.507 e. The number of hydrogen-bond acceptors (Lipinski definition) is 6. The van der Waals surface area contributed by atoms with Gasteiger partial charge in [-0.25, -0.2) is 10.2 Å². The topological polar surface area (TPSA) is 117 Å². The molecule has 3 N–H and O–H groups in total. The van der Waals surface area contributed by atoms with Crippen LogP contribution in [0.25, 0.3) is 10.8 Å². The fourth-order valence-electron chi connectivity index (χ4n) is 3.54. The Kier molecular flexibility index (Phi) is 7.36. The van der Waals surface area contributed by atoms with Crippen molar-refractivity contribution in [2.75, 3.05) is 7.11 Å². The number of aromatic carboxylic acids is 1. The number of hydrogen-bond donors (Lipinski definition) is 3. The summed E-state index contributed by atoms with van der Waals surface area (Å²) in [6, 6.07) is 20.1. The number of nitrogens with zero attached hydrogens (tertiary/aromatic N) is 1. The summed E-state index contributed by atoms with van der Waals surface area (Å²) in [7, 11) is 1.45. The number of hydrazone groups is 1. The molecule has 4 rings (SSSR count). The first-order chi connectivity index (χ1) is 17.4. The van der Waals surface area contributed by atoms with Crippen LogP contribution in [0.5, 0.6) is 17.2 Å². The highest BCUT2D eigenvalue weighted by atomic mass is 35.5. The van der Waals surface area contributed by atoms with Crippen LogP contribution in [0.4, 0.5) is 0 Å². The molecular formula is C27H21ClN2O6. The van der Waals surface area contributed by atoms with Gasteiger partial charge in [0, 0.05) is 0 Å². The second-order valence-corrected chi connectivity index (χ2v) is 8.15. The number of benzene rings is 4. The number of amides is 1. The number of nitrogens with one attached hydrogen (secondary N) is 1. The molecule has 0 aromatic heterocycles. The third-order valence-electron chi connectivity index (χ3n) is 5.30. The molecule has 0 saturated carbocycles. The molecule has 0 heterocycles. The summed E-state index contributed by atoms with van der Waals surface area (Å²) in [5, 5.41) is 25.2. The number of halogens is 1. The molecule has 1 amide bonds. The van der Waals surface area contributed by atoms with E-state index in [9.17, 15) is 14.7 Å². The Labute approximate surface area is 211 Å². The Morgan fingerprint density at radius 3 is 2.50 bits per heavy atom. The lowest BCUT2D eigenvalue weighted by Crippen LogP contribution is -2.17. The van der Waals surface area contributed by atoms with Crippen LogP contribution in [0.1, 0.15) is 31.8 Å². The molecule has 0 aliphatic rings. The number of ether oxygens (including phenoxy) is 2. The Bertz CT molecular complexity index is 1480. The van der Waals surface area contributed by atoms with E-state index in [0.29, 0.717) is 16.9 Å². The average Bonchev–Trinajstić information content (AvgIpc) is 2.87. The van der Waals surface area contributed by atoms with E-state index in [1.165, 1.54) is 31.5 Å². The highest BCUT2D eigenvalue weighted by Gasteiger charge is 2.14. The smallest absolute Gasteiger partial charge is 0.335 e. The molecular weight excluding hydrogens is 484 g/mol. The minimum atomic E-state index is -1.03. The second-order valence-electron chi connectivity index (χ2n) is 7.74. The van der Waals surface area contributed by atoms with Gasteiger partial charge >= 0.3 is 5.97 Å². The van der Waals surface area contributed by atoms with Gasteiger partial charge in [-0.15, -0.1) is 0 Å². The molecule has 0 fully saturated rings. The predicted molar refractivity (Wildman–Crippen MR) is 136 cm³/mol. The zero-order valence-electron chi connectivity index (χ0n) is 19.1. The van der Waals surface area contributed by atoms with E-state index < -0.39 is 11.9 Å². The third-order valence-corrected chi connectivity index (χ3v) is 5.58. The van der Waals surface area contributed by atoms with Gasteiger partial charge in [0.15, 0.2) is 11.5 Å². The van der Waals surface area contributed by atoms with Gasteiger partial charge in [0.2, 0.25) is 0 Å². The van der Waals surface area contributed by atoms with Crippen molar-refractivity contribution in [2.24, 2.45) is 5.10 Å². The molecule has 36 heavy (non-hydrogen) atoms. The quantitative estimate of drug-likeness (QED) is 0.223. The van der Waals surface area contributed by atoms with E-state index >= 15 is 0 Å². The van der Waals surface area contributed by atoms with Crippen molar-refractivity contribution >= 4 is 40.5 Å². The second kappa shape index (κ2) is 10.8. The molecule has 0 atom stereocenters. The van der Waals surface area contributed by atoms with Crippen molar-refractivity contribution in [2.45, 2.75) is 6.61 Å². The van der Waals surface area contributed by atoms with Crippen molar-refractivity contribution in [3.8, 4) is 17.2 Å². The number of carboxylic acids is 1. The third kappa shape index (κ3) is 5.56. The molecule has 182 valence electrons. The van der Waals surface area contributed by atoms with Crippen molar-refractivity contribution < 1.29 is 29.3 Å². The van der Waals surface area contributed by atoms with Crippen LogP contribution in [-0.2, 0) is 6.61 Å². The van der Waals surface area contributed by atoms with Crippen molar-refractivity contribution in [3.05, 3.63) is 100 Å². The van der Waals surface area contributed by atoms with E-state index in [4.69, 9.17) is 26.2 Å². The monoisotopic (exact) mass is 504 g/mol. The van der Waals surface area contributed by atoms with Crippen LogP contribution in [0.2, 0.25) is 5.02 Å². The molecule has 0 spiro atoms. The maximum atomic E-state index is 12.5. The molecule has 8 nitrogen and oxygen atoms in total. The van der Waals surface area contributed by atoms with E-state index in [1.54, 1.807) is 30.3 Å². The van der Waals surface area contributed by atoms with Gasteiger partial charge in [0.05, 0.1) is 29.5 Å². The number of methoxy groups -OCH3 is 1. The van der Waals surface area contributed by atoms with Gasteiger partial charge in [-0.2, -0.15) is 5.10 Å². The highest BCUT2D eigenvalue weighted by Crippen LogP contribution is 2.36. The minimum Gasteiger partial charge on any atom is -0.507 e. The summed E-state index contributed by atoms with van der Waals surface area (Å²) in [6.45, 7) is 0.0793. The molecule has 0 radical (unpaired) electrons. The van der Waals surface area contributed by atoms with Gasteiger partial charge in [0.25, 0.3) is 5.91 Å². The molecule has 0 saturated heterocycles. The molecule has 0 unspecified atom stereocenters. The molecule has 0 aliphatic carbocycles. The van der Waals surface area contributed by atoms with E-state index in [1.807, 2.05) is 24.3 Å². The SMILES string of the molecule is COc1cc(C=NNC(=O)c2cc3ccccc3cc2O)cc(Cl)c1OCc1cccc(C(=O)O)c1. The van der Waals surface area contributed by atoms with Crippen LogP contribution in [0, 0.1) is 0 Å². The number of phenolic OH excluding ortho intramolecular Hbond substituents is 1. The first-order valence-corrected chi connectivity index (χ1v) is 11.1. The fraction of sp³-hybridized carbons (Fsp3) is 0.0741. The van der Waals surface area contributed by atoms with Gasteiger partial charge < -0.3 is 19.7 Å². The van der Waals surface area contributed by atoms with Crippen molar-refractivity contribution in [1.82, 2.24) is 5.43 Å². The van der Waals surface area contributed by atoms with Gasteiger partial charge in [0.1, 0.15) is 12.4 Å². The zero-order chi connectivity index (χ0) is 25.7. The summed E-state index contributed by atoms with van der Waals surface area (Å²) in [5.41, 5.74) is 3.82. The highest BCUT2D eigenvalue weighted by molar-refractivity contribution is 6.32. The van der Waals surface area contributed by atoms with Crippen LogP contribution in [0.3, 0.4) is 0 Å². The summed E-state index contributed by atoms with van der Waals surface area (Å²) in [4.78, 5) is 23.7. The summed E-state index contributed by atoms with van der Waals surface area (Å²) >= 11 is 6.39. The van der Waals surface area contributed by atoms with Crippen LogP contribution in [-0.4, -0.2) is 35.4 Å². The van der Waals surface area contributed by atoms with E-state index in [2.05, 4.69) is 10.5 Å². The average molecular weight is 505 g/mol. The normalized spacial score (nSPS) is 10.9. The van der Waals surface area contributed by atoms with Crippen molar-refractivity contribution in [1.29, 1.82) is 0 Å².